The number of hydrogen-bond donors (Lipinski definition) is 3. The van der Waals surface area contributed by atoms with E-state index in [1.165, 1.54) is 0 Å². The van der Waals surface area contributed by atoms with Crippen LogP contribution >= 0.6 is 0 Å². The van der Waals surface area contributed by atoms with Crippen molar-refractivity contribution in [2.24, 2.45) is 22.7 Å². The van der Waals surface area contributed by atoms with Crippen LogP contribution in [-0.2, 0) is 19.6 Å². The molecule has 9 nitrogen and oxygen atoms in total. The summed E-state index contributed by atoms with van der Waals surface area (Å²) < 4.78 is 49.0. The van der Waals surface area contributed by atoms with Gasteiger partial charge in [0.05, 0.1) is 23.8 Å². The number of carbonyl (C=O) groups is 2. The predicted octanol–water partition coefficient (Wildman–Crippen LogP) is 4.04. The van der Waals surface area contributed by atoms with Crippen LogP contribution in [-0.4, -0.2) is 71.6 Å². The second-order valence-electron chi connectivity index (χ2n) is 13.1. The molecular weight excluding hydrogens is 527 g/mol. The van der Waals surface area contributed by atoms with Gasteiger partial charge < -0.3 is 20.3 Å². The molecule has 1 spiro atoms. The van der Waals surface area contributed by atoms with Crippen LogP contribution in [0.25, 0.3) is 0 Å². The number of unbranched alkanes of at least 4 members (excludes halogenated alkanes) is 2. The Balaban J connectivity index is 1.90. The first-order valence-electron chi connectivity index (χ1n) is 14.2. The number of carbonyl (C=O) groups excluding carboxylic acids is 2. The summed E-state index contributed by atoms with van der Waals surface area (Å²) in [6.07, 6.45) is 4.62. The maximum atomic E-state index is 15.8. The molecule has 1 aliphatic heterocycles. The molecule has 2 bridgehead atoms. The number of halogens is 1. The van der Waals surface area contributed by atoms with Crippen LogP contribution in [0.1, 0.15) is 92.4 Å². The third-order valence-corrected chi connectivity index (χ3v) is 11.1. The molecular formula is C28H47FN2O7S. The van der Waals surface area contributed by atoms with Crippen molar-refractivity contribution in [2.75, 3.05) is 19.0 Å². The summed E-state index contributed by atoms with van der Waals surface area (Å²) in [4.78, 5) is 26.4. The summed E-state index contributed by atoms with van der Waals surface area (Å²) >= 11 is 0. The Bertz CT molecular complexity index is 1040. The molecule has 1 heterocycles. The van der Waals surface area contributed by atoms with Gasteiger partial charge in [0.2, 0.25) is 15.9 Å². The normalized spacial score (nSPS) is 28.7. The topological polar surface area (TPSA) is 133 Å². The highest BCUT2D eigenvalue weighted by molar-refractivity contribution is 7.90. The lowest BCUT2D eigenvalue weighted by Crippen LogP contribution is -2.46. The zero-order valence-corrected chi connectivity index (χ0v) is 24.9. The number of nitrogens with one attached hydrogen (secondary N) is 1. The Labute approximate surface area is 232 Å². The molecule has 3 N–H and O–H groups in total. The lowest BCUT2D eigenvalue weighted by atomic mass is 9.69. The average Bonchev–Trinajstić information content (AvgIpc) is 3.29. The number of sulfonamides is 1. The number of rotatable bonds is 12. The highest BCUT2D eigenvalue weighted by Crippen LogP contribution is 2.70. The van der Waals surface area contributed by atoms with Gasteiger partial charge in [-0.15, -0.1) is 0 Å². The van der Waals surface area contributed by atoms with Crippen LogP contribution < -0.4 is 5.32 Å². The zero-order valence-electron chi connectivity index (χ0n) is 24.0. The maximum absolute atomic E-state index is 15.8. The minimum Gasteiger partial charge on any atom is -0.444 e. The summed E-state index contributed by atoms with van der Waals surface area (Å²) in [6.45, 7) is 9.10. The molecule has 2 amide bonds. The van der Waals surface area contributed by atoms with Crippen molar-refractivity contribution in [3.8, 4) is 0 Å². The van der Waals surface area contributed by atoms with E-state index in [9.17, 15) is 23.1 Å². The predicted molar refractivity (Wildman–Crippen MR) is 146 cm³/mol. The van der Waals surface area contributed by atoms with E-state index in [0.29, 0.717) is 38.0 Å². The Morgan fingerprint density at radius 1 is 1.13 bits per heavy atom. The highest BCUT2D eigenvalue weighted by Gasteiger charge is 2.72. The number of amides is 2. The first kappa shape index (κ1) is 31.8. The summed E-state index contributed by atoms with van der Waals surface area (Å²) in [6, 6.07) is -1.52. The summed E-state index contributed by atoms with van der Waals surface area (Å²) in [7, 11) is -3.88. The van der Waals surface area contributed by atoms with Crippen LogP contribution in [0, 0.1) is 22.7 Å². The van der Waals surface area contributed by atoms with Crippen molar-refractivity contribution in [3.05, 3.63) is 11.9 Å². The number of aliphatic hydroxyl groups excluding tert-OH is 2. The third kappa shape index (κ3) is 6.62. The molecule has 5 atom stereocenters. The van der Waals surface area contributed by atoms with Crippen LogP contribution in [0.15, 0.2) is 11.9 Å². The number of alkyl carbamates (subject to hydrolysis) is 1. The van der Waals surface area contributed by atoms with E-state index in [4.69, 9.17) is 9.84 Å². The number of hydrogen-bond acceptors (Lipinski definition) is 7. The van der Waals surface area contributed by atoms with Gasteiger partial charge in [-0.05, 0) is 89.5 Å². The number of ether oxygens (including phenoxy) is 1. The fourth-order valence-corrected chi connectivity index (χ4v) is 9.58. The molecule has 39 heavy (non-hydrogen) atoms. The van der Waals surface area contributed by atoms with Gasteiger partial charge in [-0.2, -0.15) is 0 Å². The summed E-state index contributed by atoms with van der Waals surface area (Å²) in [5, 5.41) is 21.0. The molecule has 2 saturated carbocycles. The smallest absolute Gasteiger partial charge is 0.408 e. The molecule has 0 unspecified atom stereocenters. The van der Waals surface area contributed by atoms with Gasteiger partial charge in [0.25, 0.3) is 0 Å². The highest BCUT2D eigenvalue weighted by atomic mass is 32.2. The van der Waals surface area contributed by atoms with Crippen LogP contribution in [0.4, 0.5) is 9.18 Å². The molecule has 2 aliphatic carbocycles. The van der Waals surface area contributed by atoms with Gasteiger partial charge >= 0.3 is 6.09 Å². The molecule has 0 radical (unpaired) electrons. The van der Waals surface area contributed by atoms with Crippen molar-refractivity contribution in [1.82, 2.24) is 9.62 Å². The van der Waals surface area contributed by atoms with Gasteiger partial charge in [-0.3, -0.25) is 4.79 Å². The Kier molecular flexibility index (Phi) is 9.81. The van der Waals surface area contributed by atoms with E-state index in [-0.39, 0.29) is 37.2 Å². The lowest BCUT2D eigenvalue weighted by molar-refractivity contribution is -0.132. The first-order chi connectivity index (χ1) is 18.1. The summed E-state index contributed by atoms with van der Waals surface area (Å²) in [5.41, 5.74) is -1.49. The van der Waals surface area contributed by atoms with Gasteiger partial charge in [-0.1, -0.05) is 20.3 Å². The van der Waals surface area contributed by atoms with Crippen LogP contribution in [0.5, 0.6) is 0 Å². The average molecular weight is 575 g/mol. The van der Waals surface area contributed by atoms with Crippen LogP contribution in [0.3, 0.4) is 0 Å². The molecule has 0 aromatic carbocycles. The van der Waals surface area contributed by atoms with Crippen molar-refractivity contribution >= 4 is 22.0 Å². The molecule has 0 aromatic rings. The zero-order chi connectivity index (χ0) is 29.2. The Morgan fingerprint density at radius 2 is 1.74 bits per heavy atom. The number of aliphatic hydroxyl groups is 2. The largest absolute Gasteiger partial charge is 0.444 e. The fourth-order valence-electron chi connectivity index (χ4n) is 6.99. The molecule has 224 valence electrons. The number of nitrogens with zero attached hydrogens (tertiary/aromatic N) is 1. The van der Waals surface area contributed by atoms with E-state index in [1.54, 1.807) is 20.8 Å². The first-order valence-corrected chi connectivity index (χ1v) is 15.8. The van der Waals surface area contributed by atoms with Gasteiger partial charge in [0, 0.05) is 18.6 Å². The van der Waals surface area contributed by atoms with E-state index in [0.717, 1.165) is 23.2 Å². The van der Waals surface area contributed by atoms with Crippen molar-refractivity contribution in [1.29, 1.82) is 0 Å². The molecule has 3 rings (SSSR count). The fraction of sp³-hybridized carbons (Fsp3) is 0.857. The van der Waals surface area contributed by atoms with Crippen molar-refractivity contribution < 1.29 is 37.3 Å². The lowest BCUT2D eigenvalue weighted by Gasteiger charge is -2.37. The second kappa shape index (κ2) is 12.0. The molecule has 1 saturated heterocycles. The van der Waals surface area contributed by atoms with Crippen LogP contribution in [0.2, 0.25) is 0 Å². The van der Waals surface area contributed by atoms with Crippen molar-refractivity contribution in [3.63, 3.8) is 0 Å². The van der Waals surface area contributed by atoms with Crippen molar-refractivity contribution in [2.45, 2.75) is 110 Å². The van der Waals surface area contributed by atoms with Gasteiger partial charge in [-0.25, -0.2) is 21.9 Å². The van der Waals surface area contributed by atoms with E-state index in [1.807, 2.05) is 0 Å². The molecule has 0 aromatic heterocycles. The van der Waals surface area contributed by atoms with Gasteiger partial charge in [0.1, 0.15) is 11.4 Å². The quantitative estimate of drug-likeness (QED) is 0.300. The number of fused-ring (bicyclic) bond motifs is 1. The standard InChI is InChI=1S/C28H47FN2O7S/c1-26(2,3)38-25(35)30-22(11-7-9-15-33)21(29)16-19(10-6-8-14-32)24(34)31-23-17-20-12-13-28(23,27(20,4)5)18-39(31,36)37/h16,19-20,22-23,32-33H,6-15,17-18H2,1-5H3,(H,30,35)/b21-16-/t19-,20-,22+,23-,28-/m1/s1. The molecule has 3 fully saturated rings. The van der Waals surface area contributed by atoms with E-state index < -0.39 is 56.9 Å². The van der Waals surface area contributed by atoms with E-state index >= 15 is 4.39 Å². The Morgan fingerprint density at radius 3 is 2.31 bits per heavy atom. The maximum Gasteiger partial charge on any atom is 0.408 e. The monoisotopic (exact) mass is 574 g/mol. The second-order valence-corrected chi connectivity index (χ2v) is 14.9. The molecule has 11 heteroatoms. The minimum atomic E-state index is -3.88. The van der Waals surface area contributed by atoms with E-state index in [2.05, 4.69) is 19.2 Å². The SMILES string of the molecule is CC(C)(C)OC(=O)N[C@@H](CCCCO)/C(F)=C/[C@@H](CCCCO)C(=O)N1[C@@H]2C[C@H]3CC[C@]2(CS1(=O)=O)C3(C)C. The Hall–Kier alpha value is -1.72. The summed E-state index contributed by atoms with van der Waals surface area (Å²) in [5.74, 6) is -2.19. The minimum absolute atomic E-state index is 0.0700. The van der Waals surface area contributed by atoms with Gasteiger partial charge in [0.15, 0.2) is 0 Å². The third-order valence-electron chi connectivity index (χ3n) is 9.15. The molecule has 3 aliphatic rings.